The zero-order valence-electron chi connectivity index (χ0n) is 23.7. The van der Waals surface area contributed by atoms with Gasteiger partial charge in [0, 0.05) is 0 Å². The van der Waals surface area contributed by atoms with Crippen LogP contribution in [0.1, 0.15) is 41.0 Å². The molecule has 0 aliphatic heterocycles. The van der Waals surface area contributed by atoms with Crippen molar-refractivity contribution in [2.24, 2.45) is 5.92 Å². The molecule has 4 N–H and O–H groups in total. The van der Waals surface area contributed by atoms with E-state index in [4.69, 9.17) is 19.3 Å². The number of amides is 3. The van der Waals surface area contributed by atoms with Gasteiger partial charge in [0.2, 0.25) is 24.0 Å². The van der Waals surface area contributed by atoms with Crippen LogP contribution < -0.4 is 16.0 Å². The van der Waals surface area contributed by atoms with Gasteiger partial charge in [-0.25, -0.2) is 19.2 Å². The second-order valence-corrected chi connectivity index (χ2v) is 9.50. The van der Waals surface area contributed by atoms with Gasteiger partial charge in [0.25, 0.3) is 0 Å². The SMILES string of the molecule is COC(=O)[C@H](OC(=O)c1ccccc1)[C@@H](OC(=O)c1ccccc1)C(=O)CNC(=O)CNC(=O)[C@H](CC(C)C)NC(=O)O. The van der Waals surface area contributed by atoms with E-state index >= 15 is 0 Å². The first-order chi connectivity index (χ1) is 20.4. The summed E-state index contributed by atoms with van der Waals surface area (Å²) < 4.78 is 15.2. The molecule has 43 heavy (non-hydrogen) atoms. The van der Waals surface area contributed by atoms with Gasteiger partial charge in [-0.2, -0.15) is 0 Å². The number of carboxylic acid groups (broad SMARTS) is 1. The molecule has 2 aromatic rings. The van der Waals surface area contributed by atoms with Crippen LogP contribution in [0.3, 0.4) is 0 Å². The Labute approximate surface area is 247 Å². The van der Waals surface area contributed by atoms with Crippen LogP contribution in [0.15, 0.2) is 60.7 Å². The first kappa shape index (κ1) is 33.9. The van der Waals surface area contributed by atoms with E-state index in [1.54, 1.807) is 38.1 Å². The summed E-state index contributed by atoms with van der Waals surface area (Å²) in [6, 6.07) is 13.9. The van der Waals surface area contributed by atoms with Crippen molar-refractivity contribution in [3.8, 4) is 0 Å². The van der Waals surface area contributed by atoms with E-state index in [0.717, 1.165) is 7.11 Å². The van der Waals surface area contributed by atoms with Crippen LogP contribution in [0, 0.1) is 5.92 Å². The summed E-state index contributed by atoms with van der Waals surface area (Å²) in [6.45, 7) is 2.13. The minimum absolute atomic E-state index is 0.0240. The average molecular weight is 600 g/mol. The lowest BCUT2D eigenvalue weighted by atomic mass is 10.0. The Morgan fingerprint density at radius 2 is 1.26 bits per heavy atom. The molecule has 0 bridgehead atoms. The minimum atomic E-state index is -2.03. The quantitative estimate of drug-likeness (QED) is 0.169. The number of methoxy groups -OCH3 is 1. The number of esters is 3. The standard InChI is InChI=1S/C29H33N3O11/c1-17(2)14-20(32-29(39)40)25(35)31-16-22(34)30-15-21(33)23(42-26(36)18-10-6-4-7-11-18)24(28(38)41-3)43-27(37)19-12-8-5-9-13-19/h4-13,17,20,23-24,32H,14-16H2,1-3H3,(H,30,34)(H,31,35)(H,39,40)/t20-,23-,24+/m0/s1. The summed E-state index contributed by atoms with van der Waals surface area (Å²) in [6.07, 6.45) is -5.31. The predicted octanol–water partition coefficient (Wildman–Crippen LogP) is 1.09. The largest absolute Gasteiger partial charge is 0.466 e. The number of benzene rings is 2. The van der Waals surface area contributed by atoms with Gasteiger partial charge >= 0.3 is 24.0 Å². The van der Waals surface area contributed by atoms with Gasteiger partial charge < -0.3 is 35.3 Å². The molecule has 2 aromatic carbocycles. The first-order valence-electron chi connectivity index (χ1n) is 13.1. The zero-order chi connectivity index (χ0) is 31.9. The van der Waals surface area contributed by atoms with Crippen molar-refractivity contribution < 1.29 is 52.9 Å². The van der Waals surface area contributed by atoms with Crippen molar-refractivity contribution in [3.05, 3.63) is 71.8 Å². The average Bonchev–Trinajstić information content (AvgIpc) is 2.99. The molecular formula is C29H33N3O11. The molecule has 0 aliphatic rings. The van der Waals surface area contributed by atoms with Crippen LogP contribution in [0.2, 0.25) is 0 Å². The number of ketones is 1. The monoisotopic (exact) mass is 599 g/mol. The molecule has 3 atom stereocenters. The third-order valence-electron chi connectivity index (χ3n) is 5.72. The van der Waals surface area contributed by atoms with Crippen LogP contribution in [-0.4, -0.2) is 85.2 Å². The molecule has 0 aliphatic carbocycles. The Hall–Kier alpha value is -5.27. The van der Waals surface area contributed by atoms with E-state index in [2.05, 4.69) is 16.0 Å². The van der Waals surface area contributed by atoms with Gasteiger partial charge in [-0.05, 0) is 36.6 Å². The van der Waals surface area contributed by atoms with Gasteiger partial charge in [-0.3, -0.25) is 14.4 Å². The highest BCUT2D eigenvalue weighted by Crippen LogP contribution is 2.15. The lowest BCUT2D eigenvalue weighted by Crippen LogP contribution is -2.51. The fourth-order valence-electron chi connectivity index (χ4n) is 3.65. The number of hydrogen-bond acceptors (Lipinski definition) is 10. The normalized spacial score (nSPS) is 12.6. The van der Waals surface area contributed by atoms with Crippen molar-refractivity contribution in [1.82, 2.24) is 16.0 Å². The van der Waals surface area contributed by atoms with Crippen LogP contribution >= 0.6 is 0 Å². The smallest absolute Gasteiger partial charge is 0.405 e. The second kappa shape index (κ2) is 16.9. The Morgan fingerprint density at radius 3 is 1.72 bits per heavy atom. The summed E-state index contributed by atoms with van der Waals surface area (Å²) >= 11 is 0. The molecule has 0 aromatic heterocycles. The molecule has 0 spiro atoms. The third-order valence-corrected chi connectivity index (χ3v) is 5.72. The number of ether oxygens (including phenoxy) is 3. The maximum Gasteiger partial charge on any atom is 0.405 e. The van der Waals surface area contributed by atoms with Crippen LogP contribution in [0.4, 0.5) is 4.79 Å². The molecule has 0 radical (unpaired) electrons. The highest BCUT2D eigenvalue weighted by Gasteiger charge is 2.41. The summed E-state index contributed by atoms with van der Waals surface area (Å²) in [7, 11) is 0.975. The summed E-state index contributed by atoms with van der Waals surface area (Å²) in [5, 5.41) is 15.5. The van der Waals surface area contributed by atoms with Gasteiger partial charge in [-0.1, -0.05) is 50.2 Å². The van der Waals surface area contributed by atoms with E-state index < -0.39 is 72.9 Å². The Bertz CT molecular complexity index is 1300. The molecule has 0 fully saturated rings. The summed E-state index contributed by atoms with van der Waals surface area (Å²) in [5.74, 6) is -5.93. The highest BCUT2D eigenvalue weighted by atomic mass is 16.6. The Balaban J connectivity index is 2.18. The van der Waals surface area contributed by atoms with Gasteiger partial charge in [0.15, 0.2) is 5.78 Å². The van der Waals surface area contributed by atoms with Crippen LogP contribution in [-0.2, 0) is 33.4 Å². The highest BCUT2D eigenvalue weighted by molar-refractivity contribution is 5.99. The molecule has 14 heteroatoms. The molecule has 14 nitrogen and oxygen atoms in total. The summed E-state index contributed by atoms with van der Waals surface area (Å²) in [5.41, 5.74) is 0.0603. The van der Waals surface area contributed by atoms with Crippen LogP contribution in [0.25, 0.3) is 0 Å². The topological polar surface area (TPSA) is 203 Å². The Morgan fingerprint density at radius 1 is 0.744 bits per heavy atom. The number of carbonyl (C=O) groups is 7. The molecule has 230 valence electrons. The van der Waals surface area contributed by atoms with Crippen molar-refractivity contribution in [3.63, 3.8) is 0 Å². The minimum Gasteiger partial charge on any atom is -0.466 e. The zero-order valence-corrected chi connectivity index (χ0v) is 23.7. The first-order valence-corrected chi connectivity index (χ1v) is 13.1. The molecule has 0 heterocycles. The number of hydrogen-bond donors (Lipinski definition) is 4. The van der Waals surface area contributed by atoms with E-state index in [1.807, 2.05) is 0 Å². The molecule has 0 unspecified atom stereocenters. The maximum absolute atomic E-state index is 13.2. The lowest BCUT2D eigenvalue weighted by Gasteiger charge is -2.24. The number of rotatable bonds is 15. The fourth-order valence-corrected chi connectivity index (χ4v) is 3.65. The molecule has 0 saturated heterocycles. The van der Waals surface area contributed by atoms with E-state index in [1.165, 1.54) is 36.4 Å². The predicted molar refractivity (Wildman–Crippen MR) is 149 cm³/mol. The van der Waals surface area contributed by atoms with Crippen molar-refractivity contribution in [2.75, 3.05) is 20.2 Å². The van der Waals surface area contributed by atoms with E-state index in [-0.39, 0.29) is 23.5 Å². The van der Waals surface area contributed by atoms with Gasteiger partial charge in [0.05, 0.1) is 31.3 Å². The lowest BCUT2D eigenvalue weighted by molar-refractivity contribution is -0.161. The fraction of sp³-hybridized carbons (Fsp3) is 0.345. The van der Waals surface area contributed by atoms with Crippen LogP contribution in [0.5, 0.6) is 0 Å². The molecule has 0 saturated carbocycles. The van der Waals surface area contributed by atoms with E-state index in [0.29, 0.717) is 0 Å². The van der Waals surface area contributed by atoms with Gasteiger partial charge in [0.1, 0.15) is 6.04 Å². The van der Waals surface area contributed by atoms with E-state index in [9.17, 15) is 33.6 Å². The Kier molecular flexibility index (Phi) is 13.3. The molecule has 3 amide bonds. The third kappa shape index (κ3) is 11.3. The van der Waals surface area contributed by atoms with Crippen molar-refractivity contribution >= 4 is 41.6 Å². The number of Topliss-reactive ketones (excluding diaryl/α,β-unsaturated/α-hetero) is 1. The van der Waals surface area contributed by atoms with Crippen molar-refractivity contribution in [1.29, 1.82) is 0 Å². The molecule has 2 rings (SSSR count). The number of nitrogens with one attached hydrogen (secondary N) is 3. The maximum atomic E-state index is 13.2. The van der Waals surface area contributed by atoms with Gasteiger partial charge in [-0.15, -0.1) is 0 Å². The number of carbonyl (C=O) groups excluding carboxylic acids is 6. The molecular weight excluding hydrogens is 566 g/mol. The van der Waals surface area contributed by atoms with Crippen molar-refractivity contribution in [2.45, 2.75) is 38.5 Å². The summed E-state index contributed by atoms with van der Waals surface area (Å²) in [4.78, 5) is 87.2. The second-order valence-electron chi connectivity index (χ2n) is 9.50.